The molecule has 0 saturated heterocycles. The fourth-order valence-electron chi connectivity index (χ4n) is 2.29. The first-order valence-electron chi connectivity index (χ1n) is 5.54. The Hall–Kier alpha value is -1.62. The Morgan fingerprint density at radius 1 is 1.25 bits per heavy atom. The third-order valence-corrected chi connectivity index (χ3v) is 3.30. The molecular weight excluding hydrogens is 198 g/mol. The molecule has 1 fully saturated rings. The minimum atomic E-state index is -0.704. The van der Waals surface area contributed by atoms with Crippen LogP contribution in [0.4, 0.5) is 0 Å². The van der Waals surface area contributed by atoms with Gasteiger partial charge in [0.05, 0.1) is 6.07 Å². The van der Waals surface area contributed by atoms with Crippen LogP contribution in [-0.4, -0.2) is 5.78 Å². The van der Waals surface area contributed by atoms with E-state index in [2.05, 4.69) is 6.07 Å². The number of nitriles is 1. The Morgan fingerprint density at radius 3 is 2.12 bits per heavy atom. The molecule has 2 heteroatoms. The van der Waals surface area contributed by atoms with Crippen LogP contribution in [0.15, 0.2) is 12.1 Å². The van der Waals surface area contributed by atoms with E-state index in [1.54, 1.807) is 0 Å². The number of ketones is 1. The molecule has 0 spiro atoms. The summed E-state index contributed by atoms with van der Waals surface area (Å²) in [6.07, 6.45) is 1.43. The second-order valence-electron chi connectivity index (χ2n) is 4.80. The molecule has 0 amide bonds. The van der Waals surface area contributed by atoms with Gasteiger partial charge in [-0.3, -0.25) is 4.79 Å². The summed E-state index contributed by atoms with van der Waals surface area (Å²) in [5.41, 5.74) is 3.19. The van der Waals surface area contributed by atoms with Gasteiger partial charge in [-0.2, -0.15) is 5.26 Å². The highest BCUT2D eigenvalue weighted by Gasteiger charge is 2.51. The van der Waals surface area contributed by atoms with Crippen LogP contribution in [0.2, 0.25) is 0 Å². The number of carbonyl (C=O) groups excluding carboxylic acids is 1. The van der Waals surface area contributed by atoms with Gasteiger partial charge < -0.3 is 0 Å². The largest absolute Gasteiger partial charge is 0.292 e. The lowest BCUT2D eigenvalue weighted by Crippen LogP contribution is -2.16. The third kappa shape index (κ3) is 1.53. The second-order valence-corrected chi connectivity index (χ2v) is 4.80. The lowest BCUT2D eigenvalue weighted by Gasteiger charge is -2.12. The van der Waals surface area contributed by atoms with Gasteiger partial charge in [0, 0.05) is 5.56 Å². The van der Waals surface area contributed by atoms with Gasteiger partial charge >= 0.3 is 0 Å². The van der Waals surface area contributed by atoms with Gasteiger partial charge in [-0.05, 0) is 44.7 Å². The number of hydrogen-bond donors (Lipinski definition) is 0. The van der Waals surface area contributed by atoms with E-state index in [9.17, 15) is 4.79 Å². The van der Waals surface area contributed by atoms with Crippen LogP contribution in [-0.2, 0) is 0 Å². The Bertz CT molecular complexity index is 481. The Balaban J connectivity index is 2.50. The summed E-state index contributed by atoms with van der Waals surface area (Å²) in [6, 6.07) is 6.19. The minimum absolute atomic E-state index is 0.0185. The predicted octanol–water partition coefficient (Wildman–Crippen LogP) is 3.10. The highest BCUT2D eigenvalue weighted by Crippen LogP contribution is 2.48. The molecule has 0 bridgehead atoms. The lowest BCUT2D eigenvalue weighted by atomic mass is 9.89. The average molecular weight is 213 g/mol. The number of Topliss-reactive ketones (excluding diaryl/α,β-unsaturated/α-hetero) is 1. The molecule has 1 aliphatic rings. The van der Waals surface area contributed by atoms with E-state index >= 15 is 0 Å². The van der Waals surface area contributed by atoms with E-state index in [0.717, 1.165) is 35.1 Å². The molecular formula is C14H15NO. The highest BCUT2D eigenvalue weighted by atomic mass is 16.1. The number of aryl methyl sites for hydroxylation is 3. The molecule has 0 aromatic heterocycles. The highest BCUT2D eigenvalue weighted by molar-refractivity contribution is 6.06. The van der Waals surface area contributed by atoms with Gasteiger partial charge in [-0.25, -0.2) is 0 Å². The fraction of sp³-hybridized carbons (Fsp3) is 0.429. The van der Waals surface area contributed by atoms with Crippen LogP contribution in [0.1, 0.15) is 39.9 Å². The maximum atomic E-state index is 12.3. The summed E-state index contributed by atoms with van der Waals surface area (Å²) >= 11 is 0. The summed E-state index contributed by atoms with van der Waals surface area (Å²) in [6.45, 7) is 5.91. The summed E-state index contributed by atoms with van der Waals surface area (Å²) < 4.78 is 0. The van der Waals surface area contributed by atoms with Gasteiger partial charge in [0.15, 0.2) is 5.78 Å². The summed E-state index contributed by atoms with van der Waals surface area (Å²) in [7, 11) is 0. The number of nitrogens with zero attached hydrogens (tertiary/aromatic N) is 1. The first kappa shape index (κ1) is 10.9. The van der Waals surface area contributed by atoms with Gasteiger partial charge in [-0.15, -0.1) is 0 Å². The fourth-order valence-corrected chi connectivity index (χ4v) is 2.29. The monoisotopic (exact) mass is 213 g/mol. The lowest BCUT2D eigenvalue weighted by molar-refractivity contribution is 0.0933. The van der Waals surface area contributed by atoms with Gasteiger partial charge in [0.25, 0.3) is 0 Å². The van der Waals surface area contributed by atoms with Crippen LogP contribution >= 0.6 is 0 Å². The molecule has 0 atom stereocenters. The second kappa shape index (κ2) is 3.45. The van der Waals surface area contributed by atoms with Crippen molar-refractivity contribution in [2.45, 2.75) is 33.6 Å². The van der Waals surface area contributed by atoms with Crippen molar-refractivity contribution in [3.8, 4) is 6.07 Å². The average Bonchev–Trinajstić information content (AvgIpc) is 2.96. The van der Waals surface area contributed by atoms with Crippen LogP contribution in [0.5, 0.6) is 0 Å². The molecule has 1 aromatic carbocycles. The molecule has 82 valence electrons. The van der Waals surface area contributed by atoms with Crippen molar-refractivity contribution >= 4 is 5.78 Å². The van der Waals surface area contributed by atoms with Crippen molar-refractivity contribution in [1.82, 2.24) is 0 Å². The van der Waals surface area contributed by atoms with Crippen LogP contribution in [0.25, 0.3) is 0 Å². The molecule has 1 saturated carbocycles. The first-order valence-corrected chi connectivity index (χ1v) is 5.54. The molecule has 1 aromatic rings. The molecule has 0 unspecified atom stereocenters. The molecule has 1 aliphatic carbocycles. The van der Waals surface area contributed by atoms with E-state index < -0.39 is 5.41 Å². The molecule has 0 radical (unpaired) electrons. The van der Waals surface area contributed by atoms with Crippen molar-refractivity contribution in [3.05, 3.63) is 34.4 Å². The van der Waals surface area contributed by atoms with Crippen molar-refractivity contribution in [1.29, 1.82) is 5.26 Å². The Kier molecular flexibility index (Phi) is 2.35. The standard InChI is InChI=1S/C14H15NO/c1-9-6-10(2)12(11(3)7-9)13(16)14(8-15)4-5-14/h6-7H,4-5H2,1-3H3. The van der Waals surface area contributed by atoms with Crippen LogP contribution in [0.3, 0.4) is 0 Å². The zero-order chi connectivity index (χ0) is 11.9. The third-order valence-electron chi connectivity index (χ3n) is 3.30. The Labute approximate surface area is 95.9 Å². The van der Waals surface area contributed by atoms with E-state index in [1.807, 2.05) is 32.9 Å². The van der Waals surface area contributed by atoms with E-state index in [1.165, 1.54) is 0 Å². The molecule has 16 heavy (non-hydrogen) atoms. The summed E-state index contributed by atoms with van der Waals surface area (Å²) in [5.74, 6) is 0.0185. The predicted molar refractivity (Wildman–Crippen MR) is 62.3 cm³/mol. The van der Waals surface area contributed by atoms with Gasteiger partial charge in [0.1, 0.15) is 5.41 Å². The van der Waals surface area contributed by atoms with Crippen molar-refractivity contribution < 1.29 is 4.79 Å². The molecule has 0 heterocycles. The number of rotatable bonds is 2. The minimum Gasteiger partial charge on any atom is -0.292 e. The van der Waals surface area contributed by atoms with E-state index in [-0.39, 0.29) is 5.78 Å². The van der Waals surface area contributed by atoms with E-state index in [0.29, 0.717) is 0 Å². The maximum Gasteiger partial charge on any atom is 0.183 e. The van der Waals surface area contributed by atoms with Crippen LogP contribution in [0, 0.1) is 37.5 Å². The first-order chi connectivity index (χ1) is 7.50. The normalized spacial score (nSPS) is 16.6. The molecule has 0 aliphatic heterocycles. The molecule has 0 N–H and O–H groups in total. The topological polar surface area (TPSA) is 40.9 Å². The van der Waals surface area contributed by atoms with Crippen LogP contribution < -0.4 is 0 Å². The molecule has 2 rings (SSSR count). The zero-order valence-electron chi connectivity index (χ0n) is 9.92. The van der Waals surface area contributed by atoms with E-state index in [4.69, 9.17) is 5.26 Å². The SMILES string of the molecule is Cc1cc(C)c(C(=O)C2(C#N)CC2)c(C)c1. The van der Waals surface area contributed by atoms with Crippen molar-refractivity contribution in [2.24, 2.45) is 5.41 Å². The quantitative estimate of drug-likeness (QED) is 0.708. The number of hydrogen-bond acceptors (Lipinski definition) is 2. The Morgan fingerprint density at radius 2 is 1.75 bits per heavy atom. The summed E-state index contributed by atoms with van der Waals surface area (Å²) in [5, 5.41) is 9.05. The van der Waals surface area contributed by atoms with Gasteiger partial charge in [-0.1, -0.05) is 17.7 Å². The van der Waals surface area contributed by atoms with Crippen molar-refractivity contribution in [2.75, 3.05) is 0 Å². The maximum absolute atomic E-state index is 12.3. The number of benzene rings is 1. The van der Waals surface area contributed by atoms with Gasteiger partial charge in [0.2, 0.25) is 0 Å². The number of carbonyl (C=O) groups is 1. The smallest absolute Gasteiger partial charge is 0.183 e. The van der Waals surface area contributed by atoms with Crippen molar-refractivity contribution in [3.63, 3.8) is 0 Å². The summed E-state index contributed by atoms with van der Waals surface area (Å²) in [4.78, 5) is 12.3. The molecule has 2 nitrogen and oxygen atoms in total. The zero-order valence-corrected chi connectivity index (χ0v) is 9.92.